The van der Waals surface area contributed by atoms with E-state index in [1.54, 1.807) is 0 Å². The van der Waals surface area contributed by atoms with Crippen LogP contribution in [-0.2, 0) is 31.9 Å². The molecule has 15 nitrogen and oxygen atoms in total. The number of hydrogen-bond donors (Lipinski definition) is 4. The van der Waals surface area contributed by atoms with Crippen LogP contribution in [-0.4, -0.2) is 98.1 Å². The molecule has 4 atom stereocenters. The van der Waals surface area contributed by atoms with Crippen molar-refractivity contribution in [2.45, 2.75) is 90.4 Å². The molecule has 60 heavy (non-hydrogen) atoms. The largest absolute Gasteiger partial charge is 0.453 e. The maximum absolute atomic E-state index is 13.7. The van der Waals surface area contributed by atoms with E-state index in [0.29, 0.717) is 13.1 Å². The zero-order valence-electron chi connectivity index (χ0n) is 35.0. The maximum atomic E-state index is 13.7. The lowest BCUT2D eigenvalue weighted by Crippen LogP contribution is -2.51. The molecule has 2 aliphatic heterocycles. The van der Waals surface area contributed by atoms with Crippen molar-refractivity contribution in [2.24, 2.45) is 11.8 Å². The molecule has 4 N–H and O–H groups in total. The Hall–Kier alpha value is -6.25. The third-order valence-corrected chi connectivity index (χ3v) is 12.2. The minimum atomic E-state index is -0.694. The van der Waals surface area contributed by atoms with Gasteiger partial charge in [0.2, 0.25) is 11.8 Å². The fraction of sp³-hybridized carbons (Fsp3) is 0.444. The van der Waals surface area contributed by atoms with Gasteiger partial charge in [0.05, 0.1) is 55.1 Å². The van der Waals surface area contributed by atoms with Crippen LogP contribution >= 0.6 is 0 Å². The molecule has 15 heteroatoms. The topological polar surface area (TPSA) is 188 Å². The fourth-order valence-corrected chi connectivity index (χ4v) is 8.93. The highest BCUT2D eigenvalue weighted by atomic mass is 16.5. The summed E-state index contributed by atoms with van der Waals surface area (Å²) in [5.41, 5.74) is 8.87. The number of methoxy groups -OCH3 is 2. The monoisotopic (exact) mass is 815 g/mol. The van der Waals surface area contributed by atoms with Gasteiger partial charge in [0.25, 0.3) is 0 Å². The van der Waals surface area contributed by atoms with Gasteiger partial charge in [-0.25, -0.2) is 24.5 Å². The number of hydrogen-bond acceptors (Lipinski definition) is 9. The quantitative estimate of drug-likeness (QED) is 0.117. The Morgan fingerprint density at radius 1 is 0.733 bits per heavy atom. The van der Waals surface area contributed by atoms with Gasteiger partial charge < -0.3 is 39.9 Å². The highest BCUT2D eigenvalue weighted by molar-refractivity contribution is 5.88. The molecule has 0 radical (unpaired) electrons. The molecule has 0 spiro atoms. The Morgan fingerprint density at radius 2 is 1.37 bits per heavy atom. The number of imidazole rings is 2. The second-order valence-electron chi connectivity index (χ2n) is 16.7. The van der Waals surface area contributed by atoms with Crippen LogP contribution in [0.1, 0.15) is 88.4 Å². The van der Waals surface area contributed by atoms with Gasteiger partial charge in [0.15, 0.2) is 0 Å². The van der Waals surface area contributed by atoms with Crippen molar-refractivity contribution in [3.63, 3.8) is 0 Å². The van der Waals surface area contributed by atoms with E-state index in [-0.39, 0.29) is 35.7 Å². The molecule has 0 unspecified atom stereocenters. The molecule has 8 rings (SSSR count). The van der Waals surface area contributed by atoms with Crippen LogP contribution < -0.4 is 10.6 Å². The van der Waals surface area contributed by atoms with Gasteiger partial charge in [-0.2, -0.15) is 0 Å². The first-order valence-corrected chi connectivity index (χ1v) is 20.9. The smallest absolute Gasteiger partial charge is 0.407 e. The van der Waals surface area contributed by atoms with Crippen molar-refractivity contribution in [1.82, 2.24) is 45.4 Å². The standard InChI is InChI=1S/C45H53N9O6/c1-24(2)37(51-44(57)59-5)42(55)53-19-7-9-35(53)40-46-23-34(49-40)29-14-17-32-28(22-29)13-16-31(47-32)27-11-15-30-26(21-27)12-18-33-39(30)50-41(48-33)36-10-8-20-54(36)43(56)38(25(3)4)52-45(58)60-6/h11,13-17,21-25,35-38H,7-10,12,18-20H2,1-6H3,(H,46,49)(H,48,50)(H,51,57)(H,52,58)/t35-,36-,37-,38-/m0/s1. The second-order valence-corrected chi connectivity index (χ2v) is 16.7. The van der Waals surface area contributed by atoms with Gasteiger partial charge >= 0.3 is 12.2 Å². The maximum Gasteiger partial charge on any atom is 0.407 e. The lowest BCUT2D eigenvalue weighted by atomic mass is 9.90. The predicted octanol–water partition coefficient (Wildman–Crippen LogP) is 6.87. The predicted molar refractivity (Wildman–Crippen MR) is 225 cm³/mol. The van der Waals surface area contributed by atoms with E-state index in [1.165, 1.54) is 19.8 Å². The Balaban J connectivity index is 0.977. The molecule has 3 aliphatic rings. The first kappa shape index (κ1) is 40.5. The summed E-state index contributed by atoms with van der Waals surface area (Å²) < 4.78 is 9.57. The van der Waals surface area contributed by atoms with Crippen molar-refractivity contribution in [1.29, 1.82) is 0 Å². The molecular formula is C45H53N9O6. The summed E-state index contributed by atoms with van der Waals surface area (Å²) in [6.07, 6.45) is 5.49. The van der Waals surface area contributed by atoms with Crippen molar-refractivity contribution in [3.8, 4) is 33.8 Å². The number of fused-ring (bicyclic) bond motifs is 4. The van der Waals surface area contributed by atoms with Crippen molar-refractivity contribution >= 4 is 34.9 Å². The number of amides is 4. The van der Waals surface area contributed by atoms with Crippen molar-refractivity contribution in [3.05, 3.63) is 77.6 Å². The molecule has 314 valence electrons. The highest BCUT2D eigenvalue weighted by Crippen LogP contribution is 2.39. The Labute approximate surface area is 349 Å². The molecule has 2 aromatic carbocycles. The number of carbonyl (C=O) groups excluding carboxylic acids is 4. The van der Waals surface area contributed by atoms with Gasteiger partial charge in [-0.1, -0.05) is 52.0 Å². The van der Waals surface area contributed by atoms with Gasteiger partial charge in [0, 0.05) is 40.9 Å². The van der Waals surface area contributed by atoms with Crippen LogP contribution in [0.2, 0.25) is 0 Å². The number of aryl methyl sites for hydroxylation is 2. The Bertz CT molecular complexity index is 2440. The number of aromatic nitrogens is 5. The molecule has 5 aromatic rings. The van der Waals surface area contributed by atoms with E-state index in [9.17, 15) is 19.2 Å². The summed E-state index contributed by atoms with van der Waals surface area (Å²) in [5.74, 6) is 1.02. The lowest BCUT2D eigenvalue weighted by Gasteiger charge is -2.30. The molecule has 5 heterocycles. The molecular weight excluding hydrogens is 763 g/mol. The zero-order valence-corrected chi connectivity index (χ0v) is 35.0. The number of aromatic amines is 2. The van der Waals surface area contributed by atoms with E-state index >= 15 is 0 Å². The van der Waals surface area contributed by atoms with Gasteiger partial charge in [-0.15, -0.1) is 0 Å². The average Bonchev–Trinajstić information content (AvgIpc) is 4.09. The molecule has 0 bridgehead atoms. The van der Waals surface area contributed by atoms with E-state index in [4.69, 9.17) is 24.4 Å². The van der Waals surface area contributed by atoms with Gasteiger partial charge in [0.1, 0.15) is 23.7 Å². The molecule has 3 aromatic heterocycles. The first-order valence-electron chi connectivity index (χ1n) is 20.9. The Kier molecular flexibility index (Phi) is 11.3. The normalized spacial score (nSPS) is 18.3. The molecule has 1 aliphatic carbocycles. The van der Waals surface area contributed by atoms with Crippen LogP contribution in [0.4, 0.5) is 9.59 Å². The SMILES string of the molecule is COC(=O)N[C@H](C(=O)N1CCC[C@H]1c1ncc(-c2ccc3nc(-c4ccc5c(c4)CCc4[nH]c([C@@H]6CCCN6C(=O)[C@@H](NC(=O)OC)C(C)C)nc4-5)ccc3c2)[nH]1)C(C)C. The minimum absolute atomic E-state index is 0.104. The van der Waals surface area contributed by atoms with Crippen LogP contribution in [0, 0.1) is 11.8 Å². The zero-order chi connectivity index (χ0) is 42.2. The van der Waals surface area contributed by atoms with Crippen molar-refractivity contribution in [2.75, 3.05) is 27.3 Å². The van der Waals surface area contributed by atoms with Gasteiger partial charge in [-0.05, 0) is 80.2 Å². The summed E-state index contributed by atoms with van der Waals surface area (Å²) in [6.45, 7) is 8.83. The first-order chi connectivity index (χ1) is 28.9. The number of pyridine rings is 1. The highest BCUT2D eigenvalue weighted by Gasteiger charge is 2.39. The van der Waals surface area contributed by atoms with Crippen LogP contribution in [0.25, 0.3) is 44.7 Å². The van der Waals surface area contributed by atoms with E-state index in [0.717, 1.165) is 101 Å². The summed E-state index contributed by atoms with van der Waals surface area (Å²) in [6, 6.07) is 14.9. The second kappa shape index (κ2) is 16.8. The third kappa shape index (κ3) is 7.80. The average molecular weight is 816 g/mol. The molecule has 4 amide bonds. The van der Waals surface area contributed by atoms with E-state index < -0.39 is 24.3 Å². The summed E-state index contributed by atoms with van der Waals surface area (Å²) in [7, 11) is 2.59. The summed E-state index contributed by atoms with van der Waals surface area (Å²) >= 11 is 0. The van der Waals surface area contributed by atoms with Crippen LogP contribution in [0.5, 0.6) is 0 Å². The third-order valence-electron chi connectivity index (χ3n) is 12.2. The van der Waals surface area contributed by atoms with Gasteiger partial charge in [-0.3, -0.25) is 9.59 Å². The number of benzene rings is 2. The number of H-pyrrole nitrogens is 2. The van der Waals surface area contributed by atoms with Crippen molar-refractivity contribution < 1.29 is 28.7 Å². The number of carbonyl (C=O) groups is 4. The fourth-order valence-electron chi connectivity index (χ4n) is 8.93. The number of rotatable bonds is 10. The van der Waals surface area contributed by atoms with E-state index in [2.05, 4.69) is 50.9 Å². The number of likely N-dealkylation sites (tertiary alicyclic amines) is 2. The summed E-state index contributed by atoms with van der Waals surface area (Å²) in [5, 5.41) is 6.42. The van der Waals surface area contributed by atoms with Crippen LogP contribution in [0.3, 0.4) is 0 Å². The minimum Gasteiger partial charge on any atom is -0.453 e. The Morgan fingerprint density at radius 3 is 2.00 bits per heavy atom. The van der Waals surface area contributed by atoms with E-state index in [1.807, 2.05) is 61.9 Å². The number of ether oxygens (including phenoxy) is 2. The molecule has 2 fully saturated rings. The number of nitrogens with zero attached hydrogens (tertiary/aromatic N) is 5. The molecule has 2 saturated heterocycles. The summed E-state index contributed by atoms with van der Waals surface area (Å²) in [4.78, 5) is 76.9. The lowest BCUT2D eigenvalue weighted by molar-refractivity contribution is -0.136. The van der Waals surface area contributed by atoms with Crippen LogP contribution in [0.15, 0.2) is 54.7 Å². The molecule has 0 saturated carbocycles. The number of nitrogens with one attached hydrogen (secondary N) is 4. The number of alkyl carbamates (subject to hydrolysis) is 2.